The lowest BCUT2D eigenvalue weighted by molar-refractivity contribution is 0.420. The maximum atomic E-state index is 12.6. The van der Waals surface area contributed by atoms with Gasteiger partial charge in [0.05, 0.1) is 0 Å². The van der Waals surface area contributed by atoms with Gasteiger partial charge in [0.25, 0.3) is 0 Å². The summed E-state index contributed by atoms with van der Waals surface area (Å²) in [7, 11) is -3.35. The number of hydrogen-bond acceptors (Lipinski definition) is 4. The van der Waals surface area contributed by atoms with Crippen LogP contribution in [0.25, 0.3) is 0 Å². The fraction of sp³-hybridized carbons (Fsp3) is 0.636. The average molecular weight is 274 g/mol. The maximum absolute atomic E-state index is 12.6. The molecule has 1 aliphatic carbocycles. The molecular formula is C11H18N2O2S2. The lowest BCUT2D eigenvalue weighted by Gasteiger charge is -2.20. The SMILES string of the molecule is CCN(C1CC1)S(=O)(=O)c1c(C)csc1CN. The van der Waals surface area contributed by atoms with Crippen LogP contribution >= 0.6 is 11.3 Å². The quantitative estimate of drug-likeness (QED) is 0.888. The molecule has 0 radical (unpaired) electrons. The Bertz CT molecular complexity index is 504. The van der Waals surface area contributed by atoms with Crippen LogP contribution in [0.2, 0.25) is 0 Å². The van der Waals surface area contributed by atoms with Gasteiger partial charge in [0, 0.05) is 24.0 Å². The number of sulfonamides is 1. The summed E-state index contributed by atoms with van der Waals surface area (Å²) < 4.78 is 26.8. The van der Waals surface area contributed by atoms with E-state index < -0.39 is 10.0 Å². The van der Waals surface area contributed by atoms with Crippen molar-refractivity contribution in [2.45, 2.75) is 44.2 Å². The molecule has 1 aliphatic rings. The number of rotatable bonds is 5. The molecule has 1 fully saturated rings. The van der Waals surface area contributed by atoms with Crippen molar-refractivity contribution in [3.8, 4) is 0 Å². The highest BCUT2D eigenvalue weighted by Gasteiger charge is 2.38. The Morgan fingerprint density at radius 3 is 2.65 bits per heavy atom. The Balaban J connectivity index is 2.46. The molecule has 0 atom stereocenters. The molecule has 1 heterocycles. The molecule has 0 spiro atoms. The monoisotopic (exact) mass is 274 g/mol. The lowest BCUT2D eigenvalue weighted by atomic mass is 10.3. The molecule has 0 aromatic carbocycles. The minimum Gasteiger partial charge on any atom is -0.326 e. The fourth-order valence-corrected chi connectivity index (χ4v) is 5.43. The van der Waals surface area contributed by atoms with Crippen molar-refractivity contribution in [1.29, 1.82) is 0 Å². The van der Waals surface area contributed by atoms with Crippen molar-refractivity contribution in [3.63, 3.8) is 0 Å². The number of aryl methyl sites for hydroxylation is 1. The first-order valence-corrected chi connectivity index (χ1v) is 8.13. The Morgan fingerprint density at radius 2 is 2.18 bits per heavy atom. The third kappa shape index (κ3) is 2.27. The molecule has 0 amide bonds. The van der Waals surface area contributed by atoms with E-state index in [4.69, 9.17) is 5.73 Å². The van der Waals surface area contributed by atoms with Crippen molar-refractivity contribution in [3.05, 3.63) is 15.8 Å². The highest BCUT2D eigenvalue weighted by molar-refractivity contribution is 7.89. The molecule has 0 unspecified atom stereocenters. The first-order chi connectivity index (χ1) is 8.02. The summed E-state index contributed by atoms with van der Waals surface area (Å²) in [5.41, 5.74) is 6.44. The van der Waals surface area contributed by atoms with E-state index in [-0.39, 0.29) is 12.6 Å². The second-order valence-corrected chi connectivity index (χ2v) is 7.11. The van der Waals surface area contributed by atoms with E-state index in [1.807, 2.05) is 19.2 Å². The Hall–Kier alpha value is -0.430. The molecule has 0 saturated heterocycles. The van der Waals surface area contributed by atoms with Gasteiger partial charge in [0.1, 0.15) is 4.90 Å². The first-order valence-electron chi connectivity index (χ1n) is 5.81. The van der Waals surface area contributed by atoms with Gasteiger partial charge in [-0.1, -0.05) is 6.92 Å². The van der Waals surface area contributed by atoms with E-state index in [9.17, 15) is 8.42 Å². The van der Waals surface area contributed by atoms with Gasteiger partial charge in [0.2, 0.25) is 10.0 Å². The van der Waals surface area contributed by atoms with Crippen molar-refractivity contribution in [2.24, 2.45) is 5.73 Å². The van der Waals surface area contributed by atoms with E-state index in [0.717, 1.165) is 23.3 Å². The van der Waals surface area contributed by atoms with Gasteiger partial charge in [-0.05, 0) is 30.7 Å². The molecule has 2 rings (SSSR count). The average Bonchev–Trinajstić information content (AvgIpc) is 3.01. The summed E-state index contributed by atoms with van der Waals surface area (Å²) in [5, 5.41) is 1.87. The topological polar surface area (TPSA) is 63.4 Å². The summed E-state index contributed by atoms with van der Waals surface area (Å²) in [6, 6.07) is 0.204. The number of thiophene rings is 1. The van der Waals surface area contributed by atoms with Gasteiger partial charge >= 0.3 is 0 Å². The fourth-order valence-electron chi connectivity index (χ4n) is 2.08. The predicted octanol–water partition coefficient (Wildman–Crippen LogP) is 1.69. The van der Waals surface area contributed by atoms with E-state index >= 15 is 0 Å². The third-order valence-electron chi connectivity index (χ3n) is 3.01. The van der Waals surface area contributed by atoms with Crippen molar-refractivity contribution in [1.82, 2.24) is 4.31 Å². The molecule has 6 heteroatoms. The Kier molecular flexibility index (Phi) is 3.58. The first kappa shape index (κ1) is 13.0. The molecule has 1 saturated carbocycles. The van der Waals surface area contributed by atoms with Gasteiger partial charge in [-0.15, -0.1) is 11.3 Å². The molecule has 96 valence electrons. The minimum absolute atomic E-state index is 0.204. The van der Waals surface area contributed by atoms with E-state index in [1.165, 1.54) is 11.3 Å². The normalized spacial score (nSPS) is 16.7. The molecule has 0 aliphatic heterocycles. The van der Waals surface area contributed by atoms with Crippen LogP contribution in [0.5, 0.6) is 0 Å². The predicted molar refractivity (Wildman–Crippen MR) is 69.5 cm³/mol. The second kappa shape index (κ2) is 4.68. The largest absolute Gasteiger partial charge is 0.326 e. The second-order valence-electron chi connectivity index (χ2n) is 4.31. The summed E-state index contributed by atoms with van der Waals surface area (Å²) >= 11 is 1.43. The molecule has 1 aromatic heterocycles. The number of nitrogens with two attached hydrogens (primary N) is 1. The highest BCUT2D eigenvalue weighted by Crippen LogP contribution is 2.35. The van der Waals surface area contributed by atoms with Crippen molar-refractivity contribution in [2.75, 3.05) is 6.54 Å². The third-order valence-corrected chi connectivity index (χ3v) is 6.52. The van der Waals surface area contributed by atoms with Gasteiger partial charge in [-0.3, -0.25) is 0 Å². The van der Waals surface area contributed by atoms with Gasteiger partial charge < -0.3 is 5.73 Å². The molecule has 0 bridgehead atoms. The Labute approximate surface area is 106 Å². The van der Waals surface area contributed by atoms with Crippen LogP contribution in [-0.4, -0.2) is 25.3 Å². The van der Waals surface area contributed by atoms with E-state index in [0.29, 0.717) is 11.4 Å². The Morgan fingerprint density at radius 1 is 1.53 bits per heavy atom. The van der Waals surface area contributed by atoms with Crippen LogP contribution in [0.1, 0.15) is 30.2 Å². The summed E-state index contributed by atoms with van der Waals surface area (Å²) in [5.74, 6) is 0. The summed E-state index contributed by atoms with van der Waals surface area (Å²) in [6.07, 6.45) is 1.96. The zero-order chi connectivity index (χ0) is 12.6. The van der Waals surface area contributed by atoms with Crippen LogP contribution in [0, 0.1) is 6.92 Å². The molecule has 4 nitrogen and oxygen atoms in total. The minimum atomic E-state index is -3.35. The highest BCUT2D eigenvalue weighted by atomic mass is 32.2. The van der Waals surface area contributed by atoms with Gasteiger partial charge in [0.15, 0.2) is 0 Å². The lowest BCUT2D eigenvalue weighted by Crippen LogP contribution is -2.33. The van der Waals surface area contributed by atoms with Crippen LogP contribution in [0.3, 0.4) is 0 Å². The van der Waals surface area contributed by atoms with Crippen LogP contribution in [0.4, 0.5) is 0 Å². The molecular weight excluding hydrogens is 256 g/mol. The van der Waals surface area contributed by atoms with Crippen molar-refractivity contribution >= 4 is 21.4 Å². The standard InChI is InChI=1S/C11H18N2O2S2/c1-3-13(9-4-5-9)17(14,15)11-8(2)7-16-10(11)6-12/h7,9H,3-6,12H2,1-2H3. The zero-order valence-electron chi connectivity index (χ0n) is 10.1. The molecule has 17 heavy (non-hydrogen) atoms. The van der Waals surface area contributed by atoms with Crippen LogP contribution < -0.4 is 5.73 Å². The van der Waals surface area contributed by atoms with Gasteiger partial charge in [-0.2, -0.15) is 4.31 Å². The summed E-state index contributed by atoms with van der Waals surface area (Å²) in [4.78, 5) is 1.21. The van der Waals surface area contributed by atoms with Gasteiger partial charge in [-0.25, -0.2) is 8.42 Å². The summed E-state index contributed by atoms with van der Waals surface area (Å²) in [6.45, 7) is 4.55. The number of nitrogens with zero attached hydrogens (tertiary/aromatic N) is 1. The van der Waals surface area contributed by atoms with E-state index in [2.05, 4.69) is 0 Å². The molecule has 1 aromatic rings. The maximum Gasteiger partial charge on any atom is 0.244 e. The zero-order valence-corrected chi connectivity index (χ0v) is 11.8. The van der Waals surface area contributed by atoms with E-state index in [1.54, 1.807) is 4.31 Å². The molecule has 2 N–H and O–H groups in total. The smallest absolute Gasteiger partial charge is 0.244 e. The number of hydrogen-bond donors (Lipinski definition) is 1. The van der Waals surface area contributed by atoms with Crippen LogP contribution in [-0.2, 0) is 16.6 Å². The van der Waals surface area contributed by atoms with Crippen molar-refractivity contribution < 1.29 is 8.42 Å². The van der Waals surface area contributed by atoms with Crippen LogP contribution in [0.15, 0.2) is 10.3 Å².